The molecule has 0 radical (unpaired) electrons. The maximum absolute atomic E-state index is 5.23. The number of rotatable bonds is 4. The van der Waals surface area contributed by atoms with E-state index in [-0.39, 0.29) is 0 Å². The van der Waals surface area contributed by atoms with Gasteiger partial charge >= 0.3 is 0 Å². The molecule has 1 atom stereocenters. The zero-order valence-electron chi connectivity index (χ0n) is 13.7. The highest BCUT2D eigenvalue weighted by molar-refractivity contribution is 5.13. The predicted octanol–water partition coefficient (Wildman–Crippen LogP) is 3.31. The Bertz CT molecular complexity index is 613. The van der Waals surface area contributed by atoms with E-state index < -0.39 is 0 Å². The molecule has 122 valence electrons. The van der Waals surface area contributed by atoms with Gasteiger partial charge in [-0.15, -0.1) is 0 Å². The van der Waals surface area contributed by atoms with Crippen molar-refractivity contribution in [3.63, 3.8) is 0 Å². The molecule has 4 heteroatoms. The maximum Gasteiger partial charge on any atom is 0.0947 e. The van der Waals surface area contributed by atoms with E-state index in [9.17, 15) is 0 Å². The monoisotopic (exact) mass is 311 g/mol. The van der Waals surface area contributed by atoms with Crippen molar-refractivity contribution in [2.24, 2.45) is 0 Å². The summed E-state index contributed by atoms with van der Waals surface area (Å²) in [5, 5.41) is 0. The Morgan fingerprint density at radius 1 is 1.00 bits per heavy atom. The van der Waals surface area contributed by atoms with Crippen LogP contribution in [0.4, 0.5) is 0 Å². The van der Waals surface area contributed by atoms with E-state index in [4.69, 9.17) is 4.42 Å². The van der Waals surface area contributed by atoms with Crippen molar-refractivity contribution in [2.75, 3.05) is 19.6 Å². The number of piperidine rings is 1. The van der Waals surface area contributed by atoms with Gasteiger partial charge in [0, 0.05) is 43.1 Å². The first-order valence-corrected chi connectivity index (χ1v) is 8.72. The Kier molecular flexibility index (Phi) is 4.19. The van der Waals surface area contributed by atoms with Crippen LogP contribution in [0.5, 0.6) is 0 Å². The molecule has 0 saturated carbocycles. The van der Waals surface area contributed by atoms with Crippen LogP contribution in [0, 0.1) is 0 Å². The Balaban J connectivity index is 1.47. The van der Waals surface area contributed by atoms with Crippen LogP contribution in [0.3, 0.4) is 0 Å². The Hall–Kier alpha value is -1.65. The lowest BCUT2D eigenvalue weighted by molar-refractivity contribution is 0.0327. The lowest BCUT2D eigenvalue weighted by Gasteiger charge is -2.46. The molecule has 2 saturated heterocycles. The Labute approximate surface area is 138 Å². The summed E-state index contributed by atoms with van der Waals surface area (Å²) in [5.74, 6) is 0. The minimum absolute atomic E-state index is 0.366. The van der Waals surface area contributed by atoms with Gasteiger partial charge in [0.25, 0.3) is 0 Å². The molecule has 2 aliphatic heterocycles. The lowest BCUT2D eigenvalue weighted by atomic mass is 9.86. The molecular formula is C19H25N3O. The van der Waals surface area contributed by atoms with E-state index in [1.807, 2.05) is 18.7 Å². The van der Waals surface area contributed by atoms with E-state index in [1.165, 1.54) is 56.4 Å². The molecular weight excluding hydrogens is 286 g/mol. The summed E-state index contributed by atoms with van der Waals surface area (Å²) in [5.41, 5.74) is 3.04. The van der Waals surface area contributed by atoms with Gasteiger partial charge in [-0.25, -0.2) is 0 Å². The van der Waals surface area contributed by atoms with E-state index in [1.54, 1.807) is 6.26 Å². The molecule has 4 nitrogen and oxygen atoms in total. The summed E-state index contributed by atoms with van der Waals surface area (Å²) in [4.78, 5) is 9.48. The van der Waals surface area contributed by atoms with E-state index >= 15 is 0 Å². The Morgan fingerprint density at radius 3 is 2.61 bits per heavy atom. The molecule has 0 amide bonds. The number of likely N-dealkylation sites (tertiary alicyclic amines) is 2. The average Bonchev–Trinajstić information content (AvgIpc) is 3.20. The van der Waals surface area contributed by atoms with Crippen LogP contribution in [-0.2, 0) is 13.1 Å². The lowest BCUT2D eigenvalue weighted by Crippen LogP contribution is -2.55. The highest BCUT2D eigenvalue weighted by Crippen LogP contribution is 2.38. The first kappa shape index (κ1) is 14.9. The van der Waals surface area contributed by atoms with Crippen molar-refractivity contribution in [1.82, 2.24) is 14.8 Å². The maximum atomic E-state index is 5.23. The van der Waals surface area contributed by atoms with Crippen molar-refractivity contribution in [1.29, 1.82) is 0 Å². The van der Waals surface area contributed by atoms with Gasteiger partial charge in [0.15, 0.2) is 0 Å². The second-order valence-corrected chi connectivity index (χ2v) is 7.05. The third kappa shape index (κ3) is 3.19. The van der Waals surface area contributed by atoms with Crippen LogP contribution < -0.4 is 0 Å². The summed E-state index contributed by atoms with van der Waals surface area (Å²) < 4.78 is 5.23. The minimum atomic E-state index is 0.366. The predicted molar refractivity (Wildman–Crippen MR) is 89.8 cm³/mol. The molecule has 1 spiro atoms. The normalized spacial score (nSPS) is 26.1. The first-order valence-electron chi connectivity index (χ1n) is 8.72. The summed E-state index contributed by atoms with van der Waals surface area (Å²) in [6.07, 6.45) is 12.8. The number of nitrogens with zero attached hydrogens (tertiary/aromatic N) is 3. The van der Waals surface area contributed by atoms with Crippen LogP contribution >= 0.6 is 0 Å². The molecule has 0 aliphatic carbocycles. The molecule has 2 aromatic rings. The number of aromatic nitrogens is 1. The molecule has 4 heterocycles. The molecule has 0 aromatic carbocycles. The summed E-state index contributed by atoms with van der Waals surface area (Å²) in [6, 6.07) is 6.39. The van der Waals surface area contributed by atoms with Gasteiger partial charge in [-0.3, -0.25) is 14.8 Å². The van der Waals surface area contributed by atoms with Crippen LogP contribution in [0.25, 0.3) is 0 Å². The van der Waals surface area contributed by atoms with Gasteiger partial charge < -0.3 is 4.42 Å². The molecule has 0 N–H and O–H groups in total. The quantitative estimate of drug-likeness (QED) is 0.867. The molecule has 4 rings (SSSR count). The number of hydrogen-bond acceptors (Lipinski definition) is 4. The van der Waals surface area contributed by atoms with E-state index in [2.05, 4.69) is 33.0 Å². The van der Waals surface area contributed by atoms with Gasteiger partial charge in [-0.1, -0.05) is 0 Å². The highest BCUT2D eigenvalue weighted by Gasteiger charge is 2.43. The van der Waals surface area contributed by atoms with E-state index in [0.29, 0.717) is 5.54 Å². The fourth-order valence-corrected chi connectivity index (χ4v) is 4.39. The van der Waals surface area contributed by atoms with Crippen molar-refractivity contribution < 1.29 is 4.42 Å². The topological polar surface area (TPSA) is 32.5 Å². The number of pyridine rings is 1. The van der Waals surface area contributed by atoms with Gasteiger partial charge in [0.1, 0.15) is 0 Å². The van der Waals surface area contributed by atoms with Crippen molar-refractivity contribution in [3.05, 3.63) is 54.2 Å². The van der Waals surface area contributed by atoms with Gasteiger partial charge in [0.2, 0.25) is 0 Å². The van der Waals surface area contributed by atoms with E-state index in [0.717, 1.165) is 13.1 Å². The summed E-state index contributed by atoms with van der Waals surface area (Å²) >= 11 is 0. The fraction of sp³-hybridized carbons (Fsp3) is 0.526. The van der Waals surface area contributed by atoms with Crippen LogP contribution in [0.15, 0.2) is 47.5 Å². The SMILES string of the molecule is c1cc(CN2CCC[C@]23CCCN(Cc2ccoc2)C3)ccn1. The Morgan fingerprint density at radius 2 is 1.83 bits per heavy atom. The third-order valence-corrected chi connectivity index (χ3v) is 5.48. The first-order chi connectivity index (χ1) is 11.3. The fourth-order valence-electron chi connectivity index (χ4n) is 4.39. The second-order valence-electron chi connectivity index (χ2n) is 7.05. The van der Waals surface area contributed by atoms with Crippen molar-refractivity contribution >= 4 is 0 Å². The van der Waals surface area contributed by atoms with Crippen molar-refractivity contribution in [2.45, 2.75) is 44.3 Å². The largest absolute Gasteiger partial charge is 0.472 e. The standard InChI is InChI=1S/C19H25N3O/c1-6-19(16-21(10-1)13-18-5-12-23-15-18)7-2-11-22(19)14-17-3-8-20-9-4-17/h3-5,8-9,12,15H,1-2,6-7,10-11,13-14,16H2/t19-/m0/s1. The molecule has 0 unspecified atom stereocenters. The van der Waals surface area contributed by atoms with Gasteiger partial charge in [0.05, 0.1) is 12.5 Å². The highest BCUT2D eigenvalue weighted by atomic mass is 16.3. The zero-order valence-corrected chi connectivity index (χ0v) is 13.7. The summed E-state index contributed by atoms with van der Waals surface area (Å²) in [6.45, 7) is 5.69. The van der Waals surface area contributed by atoms with Crippen LogP contribution in [0.2, 0.25) is 0 Å². The van der Waals surface area contributed by atoms with Crippen LogP contribution in [0.1, 0.15) is 36.8 Å². The molecule has 23 heavy (non-hydrogen) atoms. The van der Waals surface area contributed by atoms with Crippen molar-refractivity contribution in [3.8, 4) is 0 Å². The van der Waals surface area contributed by atoms with Crippen LogP contribution in [-0.4, -0.2) is 40.0 Å². The molecule has 0 bridgehead atoms. The minimum Gasteiger partial charge on any atom is -0.472 e. The van der Waals surface area contributed by atoms with Gasteiger partial charge in [-0.05, 0) is 62.5 Å². The summed E-state index contributed by atoms with van der Waals surface area (Å²) in [7, 11) is 0. The average molecular weight is 311 g/mol. The third-order valence-electron chi connectivity index (χ3n) is 5.48. The molecule has 2 aromatic heterocycles. The smallest absolute Gasteiger partial charge is 0.0947 e. The molecule has 2 fully saturated rings. The van der Waals surface area contributed by atoms with Gasteiger partial charge in [-0.2, -0.15) is 0 Å². The number of furan rings is 1. The second kappa shape index (κ2) is 6.46. The number of hydrogen-bond donors (Lipinski definition) is 0. The zero-order chi connectivity index (χ0) is 15.5. The molecule has 2 aliphatic rings.